The maximum Gasteiger partial charge on any atom is 0.264 e. The van der Waals surface area contributed by atoms with Crippen molar-refractivity contribution in [2.24, 2.45) is 0 Å². The first-order valence-electron chi connectivity index (χ1n) is 15.3. The fourth-order valence-corrected chi connectivity index (χ4v) is 6.70. The van der Waals surface area contributed by atoms with E-state index in [0.29, 0.717) is 5.69 Å². The Bertz CT molecular complexity index is 1710. The number of hydrogen-bond acceptors (Lipinski definition) is 4. The van der Waals surface area contributed by atoms with E-state index in [1.54, 1.807) is 35.2 Å². The molecule has 4 aromatic carbocycles. The third-order valence-electron chi connectivity index (χ3n) is 8.33. The summed E-state index contributed by atoms with van der Waals surface area (Å²) in [5.74, 6) is -0.752. The summed E-state index contributed by atoms with van der Waals surface area (Å²) in [6, 6.07) is 29.9. The Labute approximate surface area is 268 Å². The van der Waals surface area contributed by atoms with Crippen molar-refractivity contribution in [3.8, 4) is 0 Å². The topological polar surface area (TPSA) is 86.8 Å². The van der Waals surface area contributed by atoms with Crippen molar-refractivity contribution in [1.82, 2.24) is 10.2 Å². The normalized spacial score (nSPS) is 12.6. The van der Waals surface area contributed by atoms with Gasteiger partial charge in [-0.3, -0.25) is 13.9 Å². The van der Waals surface area contributed by atoms with Crippen molar-refractivity contribution in [1.29, 1.82) is 0 Å². The van der Waals surface area contributed by atoms with Crippen molar-refractivity contribution >= 4 is 27.5 Å². The van der Waals surface area contributed by atoms with E-state index in [4.69, 9.17) is 0 Å². The Hall–Kier alpha value is -4.43. The zero-order chi connectivity index (χ0) is 32.6. The number of sulfonamides is 1. The van der Waals surface area contributed by atoms with Crippen LogP contribution in [0.2, 0.25) is 0 Å². The number of amides is 2. The monoisotopic (exact) mass is 625 g/mol. The van der Waals surface area contributed by atoms with Crippen LogP contribution in [0.3, 0.4) is 0 Å². The molecule has 0 aliphatic carbocycles. The predicted molar refractivity (Wildman–Crippen MR) is 180 cm³/mol. The van der Waals surface area contributed by atoms with Gasteiger partial charge in [0.2, 0.25) is 11.8 Å². The molecule has 0 unspecified atom stereocenters. The molecule has 4 aromatic rings. The molecule has 0 fully saturated rings. The van der Waals surface area contributed by atoms with Crippen molar-refractivity contribution in [3.63, 3.8) is 0 Å². The molecule has 4 rings (SSSR count). The van der Waals surface area contributed by atoms with E-state index in [0.717, 1.165) is 34.2 Å². The predicted octanol–water partition coefficient (Wildman–Crippen LogP) is 6.36. The Morgan fingerprint density at radius 2 is 1.38 bits per heavy atom. The van der Waals surface area contributed by atoms with Gasteiger partial charge >= 0.3 is 0 Å². The first-order valence-corrected chi connectivity index (χ1v) is 16.8. The highest BCUT2D eigenvalue weighted by Crippen LogP contribution is 2.29. The van der Waals surface area contributed by atoms with Gasteiger partial charge in [-0.15, -0.1) is 0 Å². The molecule has 0 bridgehead atoms. The lowest BCUT2D eigenvalue weighted by atomic mass is 10.0. The Kier molecular flexibility index (Phi) is 11.2. The van der Waals surface area contributed by atoms with Gasteiger partial charge in [-0.05, 0) is 80.1 Å². The van der Waals surface area contributed by atoms with Crippen molar-refractivity contribution in [2.75, 3.05) is 10.8 Å². The SMILES string of the molecule is CC[C@@H](C)NC(=O)[C@@H](Cc1ccccc1)N(Cc1ccccc1C)C(=O)CN(c1cccc(C)c1C)S(=O)(=O)c1ccccc1. The lowest BCUT2D eigenvalue weighted by Crippen LogP contribution is -2.54. The second kappa shape index (κ2) is 15.0. The van der Waals surface area contributed by atoms with Crippen LogP contribution in [0.15, 0.2) is 108 Å². The highest BCUT2D eigenvalue weighted by atomic mass is 32.2. The average Bonchev–Trinajstić information content (AvgIpc) is 3.04. The maximum absolute atomic E-state index is 14.6. The molecule has 0 saturated heterocycles. The average molecular weight is 626 g/mol. The Morgan fingerprint density at radius 1 is 0.778 bits per heavy atom. The molecule has 7 nitrogen and oxygen atoms in total. The van der Waals surface area contributed by atoms with Crippen LogP contribution < -0.4 is 9.62 Å². The smallest absolute Gasteiger partial charge is 0.264 e. The van der Waals surface area contributed by atoms with Gasteiger partial charge in [0.25, 0.3) is 10.0 Å². The van der Waals surface area contributed by atoms with E-state index in [2.05, 4.69) is 5.32 Å². The minimum absolute atomic E-state index is 0.0829. The summed E-state index contributed by atoms with van der Waals surface area (Å²) in [4.78, 5) is 30.3. The van der Waals surface area contributed by atoms with E-state index in [-0.39, 0.29) is 29.8 Å². The number of hydrogen-bond donors (Lipinski definition) is 1. The molecule has 0 aliphatic heterocycles. The first kappa shape index (κ1) is 33.5. The number of nitrogens with zero attached hydrogens (tertiary/aromatic N) is 2. The van der Waals surface area contributed by atoms with Crippen LogP contribution in [-0.2, 0) is 32.6 Å². The molecule has 2 atom stereocenters. The molecule has 45 heavy (non-hydrogen) atoms. The molecular formula is C37H43N3O4S. The Balaban J connectivity index is 1.84. The summed E-state index contributed by atoms with van der Waals surface area (Å²) in [5, 5.41) is 3.08. The van der Waals surface area contributed by atoms with E-state index < -0.39 is 28.5 Å². The van der Waals surface area contributed by atoms with Gasteiger partial charge in [0, 0.05) is 19.0 Å². The number of benzene rings is 4. The minimum Gasteiger partial charge on any atom is -0.352 e. The van der Waals surface area contributed by atoms with E-state index in [9.17, 15) is 18.0 Å². The molecule has 8 heteroatoms. The van der Waals surface area contributed by atoms with Crippen LogP contribution in [-0.4, -0.2) is 43.8 Å². The van der Waals surface area contributed by atoms with Crippen LogP contribution in [0, 0.1) is 20.8 Å². The third-order valence-corrected chi connectivity index (χ3v) is 10.1. The maximum atomic E-state index is 14.6. The fourth-order valence-electron chi connectivity index (χ4n) is 5.20. The van der Waals surface area contributed by atoms with Crippen LogP contribution in [0.1, 0.15) is 48.1 Å². The first-order chi connectivity index (χ1) is 21.5. The molecule has 236 valence electrons. The summed E-state index contributed by atoms with van der Waals surface area (Å²) >= 11 is 0. The standard InChI is InChI=1S/C37H43N3O4S/c1-6-29(4)38-37(42)35(24-31-18-9-7-10-19-31)39(25-32-20-14-13-16-28(32)3)36(41)26-40(34-23-15-17-27(2)30(34)5)45(43,44)33-21-11-8-12-22-33/h7-23,29,35H,6,24-26H2,1-5H3,(H,38,42)/t29-,35-/m1/s1. The molecule has 0 spiro atoms. The highest BCUT2D eigenvalue weighted by molar-refractivity contribution is 7.92. The van der Waals surface area contributed by atoms with Crippen LogP contribution in [0.4, 0.5) is 5.69 Å². The lowest BCUT2D eigenvalue weighted by Gasteiger charge is -2.35. The lowest BCUT2D eigenvalue weighted by molar-refractivity contribution is -0.140. The second-order valence-corrected chi connectivity index (χ2v) is 13.4. The molecular weight excluding hydrogens is 582 g/mol. The van der Waals surface area contributed by atoms with E-state index >= 15 is 0 Å². The van der Waals surface area contributed by atoms with Crippen LogP contribution in [0.25, 0.3) is 0 Å². The summed E-state index contributed by atoms with van der Waals surface area (Å²) < 4.78 is 29.6. The van der Waals surface area contributed by atoms with Crippen LogP contribution in [0.5, 0.6) is 0 Å². The summed E-state index contributed by atoms with van der Waals surface area (Å²) in [6.45, 7) is 9.31. The third kappa shape index (κ3) is 8.19. The van der Waals surface area contributed by atoms with Crippen molar-refractivity contribution in [3.05, 3.63) is 131 Å². The minimum atomic E-state index is -4.15. The molecule has 0 radical (unpaired) electrons. The number of rotatable bonds is 13. The van der Waals surface area contributed by atoms with Gasteiger partial charge in [0.05, 0.1) is 10.6 Å². The summed E-state index contributed by atoms with van der Waals surface area (Å²) in [6.07, 6.45) is 1.00. The number of aryl methyl sites for hydroxylation is 2. The summed E-state index contributed by atoms with van der Waals surface area (Å²) in [7, 11) is -4.15. The largest absolute Gasteiger partial charge is 0.352 e. The fraction of sp³-hybridized carbons (Fsp3) is 0.297. The quantitative estimate of drug-likeness (QED) is 0.187. The van der Waals surface area contributed by atoms with Gasteiger partial charge in [0.1, 0.15) is 12.6 Å². The van der Waals surface area contributed by atoms with Crippen molar-refractivity contribution < 1.29 is 18.0 Å². The van der Waals surface area contributed by atoms with Gasteiger partial charge in [-0.1, -0.05) is 91.9 Å². The number of carbonyl (C=O) groups is 2. The molecule has 0 aromatic heterocycles. The molecule has 0 aliphatic rings. The molecule has 2 amide bonds. The highest BCUT2D eigenvalue weighted by Gasteiger charge is 2.35. The Morgan fingerprint density at radius 3 is 2.02 bits per heavy atom. The van der Waals surface area contributed by atoms with Gasteiger partial charge in [-0.25, -0.2) is 8.42 Å². The van der Waals surface area contributed by atoms with Gasteiger partial charge in [0.15, 0.2) is 0 Å². The number of nitrogens with one attached hydrogen (secondary N) is 1. The van der Waals surface area contributed by atoms with Crippen LogP contribution >= 0.6 is 0 Å². The van der Waals surface area contributed by atoms with E-state index in [1.807, 2.05) is 95.3 Å². The van der Waals surface area contributed by atoms with E-state index in [1.165, 1.54) is 16.4 Å². The number of anilines is 1. The molecule has 1 N–H and O–H groups in total. The summed E-state index contributed by atoms with van der Waals surface area (Å²) in [5.41, 5.74) is 4.83. The van der Waals surface area contributed by atoms with Gasteiger partial charge < -0.3 is 10.2 Å². The molecule has 0 saturated carbocycles. The van der Waals surface area contributed by atoms with Crippen molar-refractivity contribution in [2.45, 2.75) is 71.0 Å². The van der Waals surface area contributed by atoms with Gasteiger partial charge in [-0.2, -0.15) is 0 Å². The zero-order valence-corrected chi connectivity index (χ0v) is 27.6. The molecule has 0 heterocycles. The second-order valence-electron chi connectivity index (χ2n) is 11.5. The zero-order valence-electron chi connectivity index (χ0n) is 26.7. The number of carbonyl (C=O) groups excluding carboxylic acids is 2.